The van der Waals surface area contributed by atoms with Gasteiger partial charge >= 0.3 is 0 Å². The molecule has 84 valence electrons. The van der Waals surface area contributed by atoms with Crippen LogP contribution in [0.4, 0.5) is 8.78 Å². The molecule has 1 atom stereocenters. The number of nitrogens with two attached hydrogens (primary N) is 1. The Morgan fingerprint density at radius 3 is 2.44 bits per heavy atom. The van der Waals surface area contributed by atoms with Crippen molar-refractivity contribution in [3.05, 3.63) is 34.9 Å². The Morgan fingerprint density at radius 2 is 2.00 bits per heavy atom. The number of halogens is 2. The number of hydrogen-bond acceptors (Lipinski definition) is 2. The van der Waals surface area contributed by atoms with E-state index in [9.17, 15) is 8.78 Å². The predicted molar refractivity (Wildman–Crippen MR) is 55.6 cm³/mol. The van der Waals surface area contributed by atoms with Crippen LogP contribution in [0.25, 0.3) is 0 Å². The van der Waals surface area contributed by atoms with E-state index in [1.807, 2.05) is 6.92 Å². The lowest BCUT2D eigenvalue weighted by Gasteiger charge is -2.21. The monoisotopic (exact) mass is 222 g/mol. The molecule has 0 bridgehead atoms. The molecule has 0 aliphatic heterocycles. The second-order valence-corrected chi connectivity index (χ2v) is 4.37. The van der Waals surface area contributed by atoms with E-state index in [1.165, 1.54) is 6.07 Å². The van der Waals surface area contributed by atoms with Crippen molar-refractivity contribution in [2.24, 2.45) is 5.73 Å². The normalized spacial score (nSPS) is 18.9. The summed E-state index contributed by atoms with van der Waals surface area (Å²) in [6, 6.07) is 3.59. The van der Waals surface area contributed by atoms with Crippen LogP contribution >= 0.6 is 0 Å². The fourth-order valence-corrected chi connectivity index (χ4v) is 2.12. The third-order valence-electron chi connectivity index (χ3n) is 3.37. The summed E-state index contributed by atoms with van der Waals surface area (Å²) >= 11 is 0. The van der Waals surface area contributed by atoms with E-state index in [1.54, 1.807) is 6.07 Å². The summed E-state index contributed by atoms with van der Waals surface area (Å²) in [7, 11) is 0. The van der Waals surface area contributed by atoms with Crippen LogP contribution < -0.4 is 5.73 Å². The molecule has 2 nitrogen and oxygen atoms in total. The predicted octanol–water partition coefficient (Wildman–Crippen LogP) is 2.22. The van der Waals surface area contributed by atoms with Crippen molar-refractivity contribution in [1.82, 2.24) is 0 Å². The Bertz CT molecular complexity index is 471. The van der Waals surface area contributed by atoms with E-state index >= 15 is 0 Å². The molecular weight excluding hydrogens is 210 g/mol. The maximum absolute atomic E-state index is 13.7. The first-order valence-electron chi connectivity index (χ1n) is 5.16. The molecule has 16 heavy (non-hydrogen) atoms. The van der Waals surface area contributed by atoms with Gasteiger partial charge in [-0.15, -0.1) is 0 Å². The quantitative estimate of drug-likeness (QED) is 0.834. The summed E-state index contributed by atoms with van der Waals surface area (Å²) in [4.78, 5) is 0. The summed E-state index contributed by atoms with van der Waals surface area (Å²) in [6.45, 7) is 1.81. The molecule has 1 aromatic carbocycles. The molecule has 0 aromatic heterocycles. The summed E-state index contributed by atoms with van der Waals surface area (Å²) in [6.07, 6.45) is 1.58. The molecule has 0 saturated heterocycles. The lowest BCUT2D eigenvalue weighted by molar-refractivity contribution is 0.502. The Labute approximate surface area is 92.7 Å². The van der Waals surface area contributed by atoms with E-state index in [-0.39, 0.29) is 11.6 Å². The SMILES string of the molecule is CC(N)C1(c2cc(C#N)c(F)cc2F)CC1. The van der Waals surface area contributed by atoms with Gasteiger partial charge in [0.25, 0.3) is 0 Å². The van der Waals surface area contributed by atoms with Gasteiger partial charge < -0.3 is 5.73 Å². The molecule has 0 heterocycles. The van der Waals surface area contributed by atoms with Gasteiger partial charge in [0, 0.05) is 17.5 Å². The molecule has 1 aromatic rings. The van der Waals surface area contributed by atoms with Crippen molar-refractivity contribution in [3.63, 3.8) is 0 Å². The van der Waals surface area contributed by atoms with Crippen LogP contribution in [-0.2, 0) is 5.41 Å². The van der Waals surface area contributed by atoms with Crippen LogP contribution in [0.15, 0.2) is 12.1 Å². The zero-order chi connectivity index (χ0) is 11.9. The highest BCUT2D eigenvalue weighted by molar-refractivity contribution is 5.42. The van der Waals surface area contributed by atoms with Gasteiger partial charge in [0.05, 0.1) is 5.56 Å². The van der Waals surface area contributed by atoms with Crippen molar-refractivity contribution in [1.29, 1.82) is 5.26 Å². The van der Waals surface area contributed by atoms with Crippen LogP contribution in [0.2, 0.25) is 0 Å². The molecule has 0 amide bonds. The standard InChI is InChI=1S/C12H12F2N2/c1-7(16)12(2-3-12)9-4-8(6-15)10(13)5-11(9)14/h4-5,7H,2-3,16H2,1H3. The van der Waals surface area contributed by atoms with Crippen LogP contribution in [0.1, 0.15) is 30.9 Å². The first-order valence-corrected chi connectivity index (χ1v) is 5.16. The van der Waals surface area contributed by atoms with E-state index < -0.39 is 17.0 Å². The lowest BCUT2D eigenvalue weighted by Crippen LogP contribution is -2.32. The van der Waals surface area contributed by atoms with E-state index in [4.69, 9.17) is 11.0 Å². The molecule has 0 spiro atoms. The molecule has 0 radical (unpaired) electrons. The lowest BCUT2D eigenvalue weighted by atomic mass is 9.88. The van der Waals surface area contributed by atoms with Crippen LogP contribution in [0.5, 0.6) is 0 Å². The molecule has 1 unspecified atom stereocenters. The first kappa shape index (κ1) is 11.0. The van der Waals surface area contributed by atoms with Crippen molar-refractivity contribution in [2.75, 3.05) is 0 Å². The Balaban J connectivity index is 2.55. The van der Waals surface area contributed by atoms with Crippen molar-refractivity contribution in [3.8, 4) is 6.07 Å². The van der Waals surface area contributed by atoms with Gasteiger partial charge in [-0.25, -0.2) is 8.78 Å². The van der Waals surface area contributed by atoms with Gasteiger partial charge in [0.1, 0.15) is 17.7 Å². The number of rotatable bonds is 2. The third kappa shape index (κ3) is 1.48. The Kier molecular flexibility index (Phi) is 2.43. The molecule has 2 N–H and O–H groups in total. The highest BCUT2D eigenvalue weighted by Crippen LogP contribution is 2.51. The summed E-state index contributed by atoms with van der Waals surface area (Å²) < 4.78 is 26.8. The molecule has 2 rings (SSSR count). The van der Waals surface area contributed by atoms with Gasteiger partial charge in [-0.1, -0.05) is 0 Å². The number of benzene rings is 1. The van der Waals surface area contributed by atoms with E-state index in [0.717, 1.165) is 18.9 Å². The van der Waals surface area contributed by atoms with E-state index in [2.05, 4.69) is 0 Å². The summed E-state index contributed by atoms with van der Waals surface area (Å²) in [5.74, 6) is -1.42. The molecule has 1 saturated carbocycles. The van der Waals surface area contributed by atoms with Crippen LogP contribution in [0.3, 0.4) is 0 Å². The second-order valence-electron chi connectivity index (χ2n) is 4.37. The van der Waals surface area contributed by atoms with Gasteiger partial charge in [-0.3, -0.25) is 0 Å². The average Bonchev–Trinajstić information content (AvgIpc) is 2.99. The zero-order valence-electron chi connectivity index (χ0n) is 8.93. The molecule has 4 heteroatoms. The molecule has 1 aliphatic carbocycles. The van der Waals surface area contributed by atoms with Gasteiger partial charge in [-0.2, -0.15) is 5.26 Å². The van der Waals surface area contributed by atoms with Crippen LogP contribution in [-0.4, -0.2) is 6.04 Å². The maximum atomic E-state index is 13.7. The minimum absolute atomic E-state index is 0.122. The highest BCUT2D eigenvalue weighted by Gasteiger charge is 2.49. The fourth-order valence-electron chi connectivity index (χ4n) is 2.12. The topological polar surface area (TPSA) is 49.8 Å². The highest BCUT2D eigenvalue weighted by atomic mass is 19.1. The van der Waals surface area contributed by atoms with Gasteiger partial charge in [0.15, 0.2) is 0 Å². The van der Waals surface area contributed by atoms with E-state index in [0.29, 0.717) is 5.56 Å². The second kappa shape index (κ2) is 3.53. The van der Waals surface area contributed by atoms with Crippen molar-refractivity contribution in [2.45, 2.75) is 31.2 Å². The number of nitriles is 1. The number of nitrogens with zero attached hydrogens (tertiary/aromatic N) is 1. The Morgan fingerprint density at radius 1 is 1.38 bits per heavy atom. The Hall–Kier alpha value is -1.47. The smallest absolute Gasteiger partial charge is 0.143 e. The summed E-state index contributed by atoms with van der Waals surface area (Å²) in [5.41, 5.74) is 5.67. The molecule has 1 aliphatic rings. The molecule has 1 fully saturated rings. The maximum Gasteiger partial charge on any atom is 0.143 e. The average molecular weight is 222 g/mol. The largest absolute Gasteiger partial charge is 0.327 e. The summed E-state index contributed by atoms with van der Waals surface area (Å²) in [5, 5.41) is 8.71. The fraction of sp³-hybridized carbons (Fsp3) is 0.417. The van der Waals surface area contributed by atoms with Gasteiger partial charge in [-0.05, 0) is 31.4 Å². The number of hydrogen-bond donors (Lipinski definition) is 1. The van der Waals surface area contributed by atoms with Gasteiger partial charge in [0.2, 0.25) is 0 Å². The third-order valence-corrected chi connectivity index (χ3v) is 3.37. The zero-order valence-corrected chi connectivity index (χ0v) is 8.93. The minimum atomic E-state index is -0.816. The van der Waals surface area contributed by atoms with Crippen molar-refractivity contribution >= 4 is 0 Å². The first-order chi connectivity index (χ1) is 7.51. The molecular formula is C12H12F2N2. The van der Waals surface area contributed by atoms with Crippen molar-refractivity contribution < 1.29 is 8.78 Å². The van der Waals surface area contributed by atoms with Crippen LogP contribution in [0, 0.1) is 23.0 Å². The minimum Gasteiger partial charge on any atom is -0.327 e.